The third kappa shape index (κ3) is 3.18. The molecule has 36 heavy (non-hydrogen) atoms. The number of para-hydroxylation sites is 3. The first-order chi connectivity index (χ1) is 17.5. The van der Waals surface area contributed by atoms with Crippen molar-refractivity contribution in [2.75, 3.05) is 0 Å². The van der Waals surface area contributed by atoms with Crippen molar-refractivity contribution in [2.45, 2.75) is 26.2 Å². The van der Waals surface area contributed by atoms with Gasteiger partial charge in [-0.3, -0.25) is 0 Å². The molecule has 0 aliphatic rings. The molecule has 0 aliphatic carbocycles. The molecule has 2 heteroatoms. The minimum atomic E-state index is -0.0150. The molecule has 174 valence electrons. The van der Waals surface area contributed by atoms with E-state index in [4.69, 9.17) is 8.83 Å². The smallest absolute Gasteiger partial charge is 0.143 e. The second-order valence-electron chi connectivity index (χ2n) is 10.6. The SMILES string of the molecule is CC(C)(C)c1cc(-c2cccc3c2oc2ccccc23)cc(-c2cccc3oc4ccccc4c23)c1. The lowest BCUT2D eigenvalue weighted by atomic mass is 9.82. The van der Waals surface area contributed by atoms with E-state index in [1.807, 2.05) is 24.3 Å². The molecule has 0 saturated carbocycles. The molecular weight excluding hydrogens is 440 g/mol. The Kier molecular flexibility index (Phi) is 4.44. The molecule has 2 aromatic heterocycles. The summed E-state index contributed by atoms with van der Waals surface area (Å²) in [5.41, 5.74) is 9.59. The van der Waals surface area contributed by atoms with E-state index < -0.39 is 0 Å². The summed E-state index contributed by atoms with van der Waals surface area (Å²) < 4.78 is 12.6. The highest BCUT2D eigenvalue weighted by Crippen LogP contribution is 2.42. The van der Waals surface area contributed by atoms with Crippen molar-refractivity contribution >= 4 is 43.9 Å². The molecule has 0 amide bonds. The summed E-state index contributed by atoms with van der Waals surface area (Å²) in [6.07, 6.45) is 0. The molecule has 5 aromatic carbocycles. The molecule has 0 bridgehead atoms. The van der Waals surface area contributed by atoms with Crippen LogP contribution in [-0.2, 0) is 5.41 Å². The van der Waals surface area contributed by atoms with Crippen LogP contribution in [0.1, 0.15) is 26.3 Å². The van der Waals surface area contributed by atoms with E-state index in [1.165, 1.54) is 16.7 Å². The Bertz CT molecular complexity index is 1920. The van der Waals surface area contributed by atoms with E-state index in [0.717, 1.165) is 55.0 Å². The Morgan fingerprint density at radius 3 is 1.86 bits per heavy atom. The zero-order valence-electron chi connectivity index (χ0n) is 20.6. The lowest BCUT2D eigenvalue weighted by molar-refractivity contribution is 0.590. The fraction of sp³-hybridized carbons (Fsp3) is 0.118. The molecule has 0 saturated heterocycles. The Balaban J connectivity index is 1.54. The maximum atomic E-state index is 6.41. The van der Waals surface area contributed by atoms with Gasteiger partial charge in [0.2, 0.25) is 0 Å². The topological polar surface area (TPSA) is 26.3 Å². The summed E-state index contributed by atoms with van der Waals surface area (Å²) in [5.74, 6) is 0. The maximum absolute atomic E-state index is 6.41. The van der Waals surface area contributed by atoms with Gasteiger partial charge in [-0.25, -0.2) is 0 Å². The molecule has 0 N–H and O–H groups in total. The van der Waals surface area contributed by atoms with Crippen molar-refractivity contribution in [3.8, 4) is 22.3 Å². The highest BCUT2D eigenvalue weighted by atomic mass is 16.3. The first kappa shape index (κ1) is 21.0. The molecule has 0 spiro atoms. The van der Waals surface area contributed by atoms with E-state index in [-0.39, 0.29) is 5.41 Å². The summed E-state index contributed by atoms with van der Waals surface area (Å²) in [6, 6.07) is 36.3. The summed E-state index contributed by atoms with van der Waals surface area (Å²) in [4.78, 5) is 0. The van der Waals surface area contributed by atoms with Crippen LogP contribution in [0.3, 0.4) is 0 Å². The van der Waals surface area contributed by atoms with Gasteiger partial charge in [-0.1, -0.05) is 99.6 Å². The van der Waals surface area contributed by atoms with E-state index in [1.54, 1.807) is 0 Å². The van der Waals surface area contributed by atoms with Crippen LogP contribution in [0.25, 0.3) is 66.1 Å². The zero-order chi connectivity index (χ0) is 24.4. The third-order valence-electron chi connectivity index (χ3n) is 7.23. The minimum absolute atomic E-state index is 0.0150. The summed E-state index contributed by atoms with van der Waals surface area (Å²) in [7, 11) is 0. The molecule has 0 unspecified atom stereocenters. The first-order valence-electron chi connectivity index (χ1n) is 12.4. The van der Waals surface area contributed by atoms with Gasteiger partial charge in [0.1, 0.15) is 22.3 Å². The molecule has 2 heterocycles. The van der Waals surface area contributed by atoms with E-state index >= 15 is 0 Å². The molecule has 0 atom stereocenters. The molecule has 7 aromatic rings. The molecule has 0 aliphatic heterocycles. The van der Waals surface area contributed by atoms with Crippen molar-refractivity contribution in [3.63, 3.8) is 0 Å². The van der Waals surface area contributed by atoms with Gasteiger partial charge >= 0.3 is 0 Å². The predicted molar refractivity (Wildman–Crippen MR) is 151 cm³/mol. The van der Waals surface area contributed by atoms with E-state index in [0.29, 0.717) is 0 Å². The van der Waals surface area contributed by atoms with Crippen LogP contribution in [0.15, 0.2) is 112 Å². The molecule has 0 radical (unpaired) electrons. The number of benzene rings is 5. The Hall–Kier alpha value is -4.30. The molecule has 2 nitrogen and oxygen atoms in total. The van der Waals surface area contributed by atoms with Crippen LogP contribution >= 0.6 is 0 Å². The number of hydrogen-bond donors (Lipinski definition) is 0. The van der Waals surface area contributed by atoms with E-state index in [2.05, 4.69) is 99.6 Å². The van der Waals surface area contributed by atoms with Crippen molar-refractivity contribution in [3.05, 3.63) is 109 Å². The molecular formula is C34H26O2. The monoisotopic (exact) mass is 466 g/mol. The number of hydrogen-bond acceptors (Lipinski definition) is 2. The fourth-order valence-electron chi connectivity index (χ4n) is 5.36. The highest BCUT2D eigenvalue weighted by molar-refractivity contribution is 6.13. The molecule has 0 fully saturated rings. The summed E-state index contributed by atoms with van der Waals surface area (Å²) in [5, 5.41) is 4.60. The van der Waals surface area contributed by atoms with Crippen molar-refractivity contribution in [2.24, 2.45) is 0 Å². The molecule has 7 rings (SSSR count). The van der Waals surface area contributed by atoms with Crippen LogP contribution < -0.4 is 0 Å². The number of furan rings is 2. The Morgan fingerprint density at radius 2 is 1.08 bits per heavy atom. The normalized spacial score (nSPS) is 12.3. The van der Waals surface area contributed by atoms with Crippen LogP contribution in [0.2, 0.25) is 0 Å². The van der Waals surface area contributed by atoms with Crippen LogP contribution in [-0.4, -0.2) is 0 Å². The standard InChI is InChI=1S/C34H26O2/c1-34(2,3)23-19-21(24-12-9-17-31-32(24)28-11-5-7-16-30(28)35-31)18-22(20-23)25-13-8-14-27-26-10-4-6-15-29(26)36-33(25)27/h4-20H,1-3H3. The van der Waals surface area contributed by atoms with Crippen molar-refractivity contribution in [1.29, 1.82) is 0 Å². The van der Waals surface area contributed by atoms with Crippen LogP contribution in [0, 0.1) is 0 Å². The highest BCUT2D eigenvalue weighted by Gasteiger charge is 2.20. The lowest BCUT2D eigenvalue weighted by Crippen LogP contribution is -2.11. The maximum Gasteiger partial charge on any atom is 0.143 e. The van der Waals surface area contributed by atoms with Gasteiger partial charge < -0.3 is 8.83 Å². The van der Waals surface area contributed by atoms with Gasteiger partial charge in [0, 0.05) is 27.1 Å². The van der Waals surface area contributed by atoms with Crippen molar-refractivity contribution < 1.29 is 8.83 Å². The Labute approximate surface area is 209 Å². The van der Waals surface area contributed by atoms with Crippen molar-refractivity contribution in [1.82, 2.24) is 0 Å². The van der Waals surface area contributed by atoms with Gasteiger partial charge in [-0.15, -0.1) is 0 Å². The van der Waals surface area contributed by atoms with Crippen LogP contribution in [0.5, 0.6) is 0 Å². The zero-order valence-corrected chi connectivity index (χ0v) is 20.6. The second-order valence-corrected chi connectivity index (χ2v) is 10.6. The average molecular weight is 467 g/mol. The summed E-state index contributed by atoms with van der Waals surface area (Å²) >= 11 is 0. The number of fused-ring (bicyclic) bond motifs is 6. The van der Waals surface area contributed by atoms with Gasteiger partial charge in [0.05, 0.1) is 0 Å². The van der Waals surface area contributed by atoms with Gasteiger partial charge in [0.15, 0.2) is 0 Å². The summed E-state index contributed by atoms with van der Waals surface area (Å²) in [6.45, 7) is 6.81. The van der Waals surface area contributed by atoms with Crippen LogP contribution in [0.4, 0.5) is 0 Å². The minimum Gasteiger partial charge on any atom is -0.456 e. The second kappa shape index (κ2) is 7.60. The van der Waals surface area contributed by atoms with Gasteiger partial charge in [-0.05, 0) is 51.9 Å². The van der Waals surface area contributed by atoms with Gasteiger partial charge in [0.25, 0.3) is 0 Å². The van der Waals surface area contributed by atoms with E-state index in [9.17, 15) is 0 Å². The Morgan fingerprint density at radius 1 is 0.500 bits per heavy atom. The lowest BCUT2D eigenvalue weighted by Gasteiger charge is -2.22. The largest absolute Gasteiger partial charge is 0.456 e. The average Bonchev–Trinajstić information content (AvgIpc) is 3.46. The fourth-order valence-corrected chi connectivity index (χ4v) is 5.36. The number of rotatable bonds is 2. The quantitative estimate of drug-likeness (QED) is 0.253. The van der Waals surface area contributed by atoms with Gasteiger partial charge in [-0.2, -0.15) is 0 Å². The first-order valence-corrected chi connectivity index (χ1v) is 12.4. The third-order valence-corrected chi connectivity index (χ3v) is 7.23. The predicted octanol–water partition coefficient (Wildman–Crippen LogP) is 10.1.